The standard InChI is InChI=1S/C12H8NS/c1-9-2-4-10(5-3-9)11-6-12(7-13)14-8-11/h2-6H,1H3. The van der Waals surface area contributed by atoms with E-state index in [0.717, 1.165) is 11.1 Å². The SMILES string of the molecule is Cc1ccc(-c2[c]sc(C#N)c2)cc1. The smallest absolute Gasteiger partial charge is 0.110 e. The number of aryl methyl sites for hydroxylation is 1. The normalized spacial score (nSPS) is 9.71. The van der Waals surface area contributed by atoms with Crippen LogP contribution in [0.4, 0.5) is 0 Å². The van der Waals surface area contributed by atoms with Gasteiger partial charge in [0.2, 0.25) is 0 Å². The Labute approximate surface area is 87.3 Å². The van der Waals surface area contributed by atoms with Gasteiger partial charge in [-0.15, -0.1) is 11.3 Å². The van der Waals surface area contributed by atoms with Crippen LogP contribution in [0.25, 0.3) is 11.1 Å². The zero-order valence-corrected chi connectivity index (χ0v) is 8.56. The van der Waals surface area contributed by atoms with Crippen LogP contribution in [0, 0.1) is 23.6 Å². The van der Waals surface area contributed by atoms with Crippen molar-refractivity contribution in [3.63, 3.8) is 0 Å². The first-order valence-electron chi connectivity index (χ1n) is 4.28. The van der Waals surface area contributed by atoms with E-state index in [2.05, 4.69) is 42.6 Å². The van der Waals surface area contributed by atoms with Gasteiger partial charge >= 0.3 is 0 Å². The fourth-order valence-electron chi connectivity index (χ4n) is 1.23. The second-order valence-corrected chi connectivity index (χ2v) is 3.95. The van der Waals surface area contributed by atoms with Crippen LogP contribution < -0.4 is 0 Å². The first-order chi connectivity index (χ1) is 6.79. The van der Waals surface area contributed by atoms with E-state index >= 15 is 0 Å². The molecule has 0 fully saturated rings. The number of thiophene rings is 1. The lowest BCUT2D eigenvalue weighted by Crippen LogP contribution is -1.74. The fraction of sp³-hybridized carbons (Fsp3) is 0.0833. The van der Waals surface area contributed by atoms with Crippen LogP contribution in [0.3, 0.4) is 0 Å². The third kappa shape index (κ3) is 1.68. The highest BCUT2D eigenvalue weighted by atomic mass is 32.1. The van der Waals surface area contributed by atoms with Crippen molar-refractivity contribution in [1.29, 1.82) is 5.26 Å². The minimum atomic E-state index is 0.709. The van der Waals surface area contributed by atoms with Crippen molar-refractivity contribution in [3.05, 3.63) is 46.2 Å². The maximum atomic E-state index is 8.68. The van der Waals surface area contributed by atoms with E-state index in [0.29, 0.717) is 4.88 Å². The predicted molar refractivity (Wildman–Crippen MR) is 58.0 cm³/mol. The summed E-state index contributed by atoms with van der Waals surface area (Å²) < 4.78 is 0. The Morgan fingerprint density at radius 1 is 1.29 bits per heavy atom. The van der Waals surface area contributed by atoms with E-state index in [4.69, 9.17) is 5.26 Å². The fourth-order valence-corrected chi connectivity index (χ4v) is 1.85. The van der Waals surface area contributed by atoms with Gasteiger partial charge in [0.05, 0.1) is 5.38 Å². The van der Waals surface area contributed by atoms with Crippen LogP contribution in [-0.4, -0.2) is 0 Å². The molecule has 2 aromatic rings. The molecular formula is C12H8NS. The molecule has 0 aliphatic carbocycles. The minimum absolute atomic E-state index is 0.709. The van der Waals surface area contributed by atoms with E-state index in [1.165, 1.54) is 16.9 Å². The van der Waals surface area contributed by atoms with Crippen molar-refractivity contribution >= 4 is 11.3 Å². The third-order valence-electron chi connectivity index (χ3n) is 2.02. The van der Waals surface area contributed by atoms with Crippen LogP contribution in [0.15, 0.2) is 30.3 Å². The van der Waals surface area contributed by atoms with E-state index < -0.39 is 0 Å². The van der Waals surface area contributed by atoms with Crippen molar-refractivity contribution < 1.29 is 0 Å². The number of rotatable bonds is 1. The van der Waals surface area contributed by atoms with Crippen molar-refractivity contribution in [2.45, 2.75) is 6.92 Å². The second-order valence-electron chi connectivity index (χ2n) is 3.10. The molecule has 14 heavy (non-hydrogen) atoms. The minimum Gasteiger partial charge on any atom is -0.192 e. The molecule has 0 amide bonds. The van der Waals surface area contributed by atoms with Crippen molar-refractivity contribution in [3.8, 4) is 17.2 Å². The summed E-state index contributed by atoms with van der Waals surface area (Å²) in [6.45, 7) is 2.06. The molecule has 0 aliphatic heterocycles. The monoisotopic (exact) mass is 198 g/mol. The summed E-state index contributed by atoms with van der Waals surface area (Å²) in [5.74, 6) is 0. The molecule has 0 spiro atoms. The van der Waals surface area contributed by atoms with Gasteiger partial charge in [-0.25, -0.2) is 0 Å². The predicted octanol–water partition coefficient (Wildman–Crippen LogP) is 3.40. The molecule has 0 saturated carbocycles. The highest BCUT2D eigenvalue weighted by molar-refractivity contribution is 7.10. The first kappa shape index (κ1) is 8.98. The van der Waals surface area contributed by atoms with Gasteiger partial charge in [-0.1, -0.05) is 29.8 Å². The van der Waals surface area contributed by atoms with Gasteiger partial charge < -0.3 is 0 Å². The Kier molecular flexibility index (Phi) is 2.34. The van der Waals surface area contributed by atoms with Crippen molar-refractivity contribution in [2.75, 3.05) is 0 Å². The molecule has 67 valence electrons. The molecule has 0 saturated heterocycles. The average molecular weight is 198 g/mol. The maximum Gasteiger partial charge on any atom is 0.110 e. The number of nitriles is 1. The maximum absolute atomic E-state index is 8.68. The van der Waals surface area contributed by atoms with Gasteiger partial charge in [-0.05, 0) is 18.6 Å². The second kappa shape index (κ2) is 3.65. The molecule has 1 aromatic carbocycles. The van der Waals surface area contributed by atoms with E-state index in [-0.39, 0.29) is 0 Å². The van der Waals surface area contributed by atoms with E-state index in [1.54, 1.807) is 0 Å². The number of hydrogen-bond acceptors (Lipinski definition) is 2. The summed E-state index contributed by atoms with van der Waals surface area (Å²) in [6.07, 6.45) is 0. The molecule has 1 radical (unpaired) electrons. The molecule has 1 nitrogen and oxygen atoms in total. The van der Waals surface area contributed by atoms with Crippen molar-refractivity contribution in [1.82, 2.24) is 0 Å². The Balaban J connectivity index is 2.40. The number of hydrogen-bond donors (Lipinski definition) is 0. The van der Waals surface area contributed by atoms with Gasteiger partial charge in [0.1, 0.15) is 10.9 Å². The average Bonchev–Trinajstić information content (AvgIpc) is 2.67. The van der Waals surface area contributed by atoms with Crippen LogP contribution >= 0.6 is 11.3 Å². The highest BCUT2D eigenvalue weighted by Gasteiger charge is 2.01. The largest absolute Gasteiger partial charge is 0.192 e. The summed E-state index contributed by atoms with van der Waals surface area (Å²) in [5.41, 5.74) is 3.37. The Hall–Kier alpha value is -1.59. The number of nitrogens with zero attached hydrogens (tertiary/aromatic N) is 1. The summed E-state index contributed by atoms with van der Waals surface area (Å²) in [7, 11) is 0. The van der Waals surface area contributed by atoms with Gasteiger partial charge in [-0.2, -0.15) is 5.26 Å². The first-order valence-corrected chi connectivity index (χ1v) is 5.10. The molecule has 0 aliphatic rings. The molecule has 2 rings (SSSR count). The molecule has 0 N–H and O–H groups in total. The summed E-state index contributed by atoms with van der Waals surface area (Å²) in [6, 6.07) is 12.2. The molecule has 1 heterocycles. The molecular weight excluding hydrogens is 190 g/mol. The highest BCUT2D eigenvalue weighted by Crippen LogP contribution is 2.24. The summed E-state index contributed by atoms with van der Waals surface area (Å²) >= 11 is 1.36. The number of benzene rings is 1. The summed E-state index contributed by atoms with van der Waals surface area (Å²) in [4.78, 5) is 0.709. The Bertz CT molecular complexity index is 474. The van der Waals surface area contributed by atoms with Crippen LogP contribution in [0.2, 0.25) is 0 Å². The lowest BCUT2D eigenvalue weighted by Gasteiger charge is -1.96. The van der Waals surface area contributed by atoms with Crippen LogP contribution in [-0.2, 0) is 0 Å². The molecule has 0 bridgehead atoms. The molecule has 1 aromatic heterocycles. The van der Waals surface area contributed by atoms with Gasteiger partial charge in [0.15, 0.2) is 0 Å². The van der Waals surface area contributed by atoms with E-state index in [9.17, 15) is 0 Å². The Morgan fingerprint density at radius 3 is 2.57 bits per heavy atom. The zero-order chi connectivity index (χ0) is 9.97. The molecule has 0 unspecified atom stereocenters. The van der Waals surface area contributed by atoms with Gasteiger partial charge in [-0.3, -0.25) is 0 Å². The Morgan fingerprint density at radius 2 is 2.00 bits per heavy atom. The van der Waals surface area contributed by atoms with Gasteiger partial charge in [0.25, 0.3) is 0 Å². The molecule has 2 heteroatoms. The van der Waals surface area contributed by atoms with Crippen LogP contribution in [0.5, 0.6) is 0 Å². The topological polar surface area (TPSA) is 23.8 Å². The van der Waals surface area contributed by atoms with Gasteiger partial charge in [0, 0.05) is 5.56 Å². The molecule has 0 atom stereocenters. The lowest BCUT2D eigenvalue weighted by molar-refractivity contribution is 1.47. The zero-order valence-electron chi connectivity index (χ0n) is 7.74. The third-order valence-corrected chi connectivity index (χ3v) is 2.77. The summed E-state index contributed by atoms with van der Waals surface area (Å²) in [5, 5.41) is 11.8. The quantitative estimate of drug-likeness (QED) is 0.689. The van der Waals surface area contributed by atoms with E-state index in [1.807, 2.05) is 6.07 Å². The lowest BCUT2D eigenvalue weighted by atomic mass is 10.1. The van der Waals surface area contributed by atoms with Crippen LogP contribution in [0.1, 0.15) is 10.4 Å². The van der Waals surface area contributed by atoms with Crippen molar-refractivity contribution in [2.24, 2.45) is 0 Å².